The fourth-order valence-electron chi connectivity index (χ4n) is 5.29. The first-order valence-electron chi connectivity index (χ1n) is 13.4. The fourth-order valence-corrected chi connectivity index (χ4v) is 5.29. The zero-order valence-electron chi connectivity index (χ0n) is 23.0. The van der Waals surface area contributed by atoms with Gasteiger partial charge in [0.05, 0.1) is 25.5 Å². The highest BCUT2D eigenvalue weighted by Crippen LogP contribution is 2.48. The number of carbonyl (C=O) groups is 3. The molecule has 3 rings (SSSR count). The number of hydrogen-bond acceptors (Lipinski definition) is 7. The molecule has 2 aromatic rings. The van der Waals surface area contributed by atoms with Crippen LogP contribution in [0.25, 0.3) is 0 Å². The van der Waals surface area contributed by atoms with Gasteiger partial charge >= 0.3 is 17.9 Å². The molecule has 0 spiro atoms. The summed E-state index contributed by atoms with van der Waals surface area (Å²) in [7, 11) is 0. The monoisotopic (exact) mass is 512 g/mol. The van der Waals surface area contributed by atoms with E-state index in [1.165, 1.54) is 5.56 Å². The van der Waals surface area contributed by atoms with Crippen LogP contribution in [0.1, 0.15) is 94.6 Å². The Morgan fingerprint density at radius 2 is 1.54 bits per heavy atom. The zero-order chi connectivity index (χ0) is 27.2. The number of rotatable bonds is 11. The van der Waals surface area contributed by atoms with Crippen LogP contribution in [0.3, 0.4) is 0 Å². The van der Waals surface area contributed by atoms with Gasteiger partial charge in [-0.25, -0.2) is 4.98 Å². The van der Waals surface area contributed by atoms with Crippen LogP contribution in [0.2, 0.25) is 0 Å². The van der Waals surface area contributed by atoms with E-state index in [0.29, 0.717) is 31.5 Å². The number of nitrogens with zero attached hydrogens (tertiary/aromatic N) is 2. The van der Waals surface area contributed by atoms with Crippen LogP contribution in [-0.4, -0.2) is 47.3 Å². The minimum absolute atomic E-state index is 0.0132. The second kappa shape index (κ2) is 12.4. The zero-order valence-corrected chi connectivity index (χ0v) is 23.0. The molecule has 0 radical (unpaired) electrons. The Kier molecular flexibility index (Phi) is 9.51. The normalized spacial score (nSPS) is 15.3. The van der Waals surface area contributed by atoms with Gasteiger partial charge in [0.15, 0.2) is 0 Å². The van der Waals surface area contributed by atoms with Gasteiger partial charge in [-0.2, -0.15) is 0 Å². The Bertz CT molecular complexity index is 1070. The van der Waals surface area contributed by atoms with Crippen molar-refractivity contribution in [2.45, 2.75) is 85.6 Å². The van der Waals surface area contributed by atoms with E-state index in [0.717, 1.165) is 23.5 Å². The highest BCUT2D eigenvalue weighted by Gasteiger charge is 2.64. The van der Waals surface area contributed by atoms with Crippen molar-refractivity contribution in [3.05, 3.63) is 52.6 Å². The summed E-state index contributed by atoms with van der Waals surface area (Å²) < 4.78 is 18.2. The lowest BCUT2D eigenvalue weighted by Gasteiger charge is -2.37. The van der Waals surface area contributed by atoms with Crippen molar-refractivity contribution in [1.29, 1.82) is 0 Å². The number of benzene rings is 1. The van der Waals surface area contributed by atoms with Crippen LogP contribution in [0.4, 0.5) is 0 Å². The van der Waals surface area contributed by atoms with E-state index >= 15 is 0 Å². The molecule has 0 fully saturated rings. The molecule has 1 aliphatic rings. The van der Waals surface area contributed by atoms with E-state index in [9.17, 15) is 14.4 Å². The van der Waals surface area contributed by atoms with Crippen molar-refractivity contribution in [1.82, 2.24) is 9.55 Å². The first-order valence-corrected chi connectivity index (χ1v) is 13.4. The third-order valence-corrected chi connectivity index (χ3v) is 6.92. The molecular formula is C29H40N2O6. The summed E-state index contributed by atoms with van der Waals surface area (Å²) in [6.45, 7) is 11.7. The molecule has 202 valence electrons. The third kappa shape index (κ3) is 5.43. The van der Waals surface area contributed by atoms with Crippen LogP contribution in [0, 0.1) is 5.41 Å². The Morgan fingerprint density at radius 1 is 0.973 bits per heavy atom. The van der Waals surface area contributed by atoms with Gasteiger partial charge < -0.3 is 18.8 Å². The third-order valence-electron chi connectivity index (χ3n) is 6.92. The van der Waals surface area contributed by atoms with Crippen molar-refractivity contribution in [3.8, 4) is 0 Å². The van der Waals surface area contributed by atoms with E-state index in [1.807, 2.05) is 6.07 Å². The summed E-state index contributed by atoms with van der Waals surface area (Å²) in [5.41, 5.74) is 1.54. The molecule has 8 heteroatoms. The van der Waals surface area contributed by atoms with Crippen molar-refractivity contribution < 1.29 is 28.6 Å². The number of aromatic nitrogens is 2. The van der Waals surface area contributed by atoms with Gasteiger partial charge in [-0.3, -0.25) is 14.4 Å². The maximum Gasteiger partial charge on any atom is 0.335 e. The van der Waals surface area contributed by atoms with Gasteiger partial charge in [0.2, 0.25) is 0 Å². The number of hydrogen-bond donors (Lipinski definition) is 0. The number of fused-ring (bicyclic) bond motifs is 1. The largest absolute Gasteiger partial charge is 0.465 e. The van der Waals surface area contributed by atoms with E-state index in [1.54, 1.807) is 20.8 Å². The van der Waals surface area contributed by atoms with Gasteiger partial charge in [-0.1, -0.05) is 45.0 Å². The molecule has 1 aromatic carbocycles. The van der Waals surface area contributed by atoms with Crippen LogP contribution in [-0.2, 0) is 48.0 Å². The lowest BCUT2D eigenvalue weighted by Crippen LogP contribution is -2.54. The Morgan fingerprint density at radius 3 is 2.05 bits per heavy atom. The van der Waals surface area contributed by atoms with Crippen LogP contribution in [0.15, 0.2) is 24.3 Å². The minimum Gasteiger partial charge on any atom is -0.465 e. The molecule has 1 heterocycles. The van der Waals surface area contributed by atoms with Crippen molar-refractivity contribution >= 4 is 17.9 Å². The van der Waals surface area contributed by atoms with Crippen LogP contribution < -0.4 is 0 Å². The Hall–Kier alpha value is -3.16. The molecule has 0 bridgehead atoms. The molecule has 1 unspecified atom stereocenters. The predicted octanol–water partition coefficient (Wildman–Crippen LogP) is 4.71. The molecule has 0 saturated heterocycles. The fraction of sp³-hybridized carbons (Fsp3) is 0.586. The summed E-state index contributed by atoms with van der Waals surface area (Å²) in [6.07, 6.45) is 2.69. The van der Waals surface area contributed by atoms with E-state index in [-0.39, 0.29) is 25.7 Å². The average molecular weight is 513 g/mol. The molecule has 0 saturated carbocycles. The lowest BCUT2D eigenvalue weighted by atomic mass is 9.68. The van der Waals surface area contributed by atoms with Gasteiger partial charge in [0, 0.05) is 24.1 Å². The predicted molar refractivity (Wildman–Crippen MR) is 139 cm³/mol. The summed E-state index contributed by atoms with van der Waals surface area (Å²) in [6, 6.07) is 8.34. The van der Waals surface area contributed by atoms with E-state index < -0.39 is 29.2 Å². The lowest BCUT2D eigenvalue weighted by molar-refractivity contribution is -0.186. The molecule has 1 aromatic heterocycles. The first kappa shape index (κ1) is 28.4. The summed E-state index contributed by atoms with van der Waals surface area (Å²) >= 11 is 0. The van der Waals surface area contributed by atoms with Crippen molar-refractivity contribution in [2.24, 2.45) is 5.41 Å². The smallest absolute Gasteiger partial charge is 0.335 e. The summed E-state index contributed by atoms with van der Waals surface area (Å²) in [4.78, 5) is 45.9. The average Bonchev–Trinajstić information content (AvgIpc) is 3.24. The van der Waals surface area contributed by atoms with Gasteiger partial charge in [-0.15, -0.1) is 0 Å². The van der Waals surface area contributed by atoms with E-state index in [4.69, 9.17) is 19.2 Å². The summed E-state index contributed by atoms with van der Waals surface area (Å²) in [5, 5.41) is 0. The molecule has 8 nitrogen and oxygen atoms in total. The van der Waals surface area contributed by atoms with Crippen molar-refractivity contribution in [3.63, 3.8) is 0 Å². The second-order valence-corrected chi connectivity index (χ2v) is 9.63. The number of carbonyl (C=O) groups excluding carboxylic acids is 3. The second-order valence-electron chi connectivity index (χ2n) is 9.63. The maximum absolute atomic E-state index is 13.6. The molecule has 37 heavy (non-hydrogen) atoms. The first-order chi connectivity index (χ1) is 17.8. The van der Waals surface area contributed by atoms with Gasteiger partial charge in [0.25, 0.3) is 5.41 Å². The standard InChI is InChI=1S/C29H40N2O6/c1-7-20-13-11-14-21(17-20)18-31-24-22(15-12-16-23(24)30-25(31)19(5)6)29(26(32)35-8-2,27(33)36-9-3)28(34)37-10-4/h11,13-14,17,19,22H,7-10,12,15-16,18H2,1-6H3. The van der Waals surface area contributed by atoms with Crippen LogP contribution >= 0.6 is 0 Å². The Balaban J connectivity index is 2.29. The number of imidazole rings is 1. The molecular weight excluding hydrogens is 472 g/mol. The number of esters is 3. The minimum atomic E-state index is -2.27. The van der Waals surface area contributed by atoms with E-state index in [2.05, 4.69) is 43.5 Å². The van der Waals surface area contributed by atoms with Crippen LogP contribution in [0.5, 0.6) is 0 Å². The topological polar surface area (TPSA) is 96.7 Å². The molecule has 0 amide bonds. The molecule has 1 atom stereocenters. The summed E-state index contributed by atoms with van der Waals surface area (Å²) in [5.74, 6) is -2.69. The van der Waals surface area contributed by atoms with Crippen molar-refractivity contribution in [2.75, 3.05) is 19.8 Å². The SMILES string of the molecule is CCOC(=O)C(C(=O)OCC)(C(=O)OCC)C1CCCc2nc(C(C)C)n(Cc3cccc(CC)c3)c21. The maximum atomic E-state index is 13.6. The highest BCUT2D eigenvalue weighted by molar-refractivity contribution is 6.19. The molecule has 0 aliphatic heterocycles. The van der Waals surface area contributed by atoms with Gasteiger partial charge in [0.1, 0.15) is 5.82 Å². The number of aryl methyl sites for hydroxylation is 2. The number of ether oxygens (including phenoxy) is 3. The van der Waals surface area contributed by atoms with Gasteiger partial charge in [-0.05, 0) is 57.6 Å². The molecule has 1 aliphatic carbocycles. The molecule has 0 N–H and O–H groups in total. The Labute approximate surface area is 219 Å². The quantitative estimate of drug-likeness (QED) is 0.244. The highest BCUT2D eigenvalue weighted by atomic mass is 16.6.